The number of rotatable bonds is 2. The Kier molecular flexibility index (Phi) is 2.52. The second kappa shape index (κ2) is 4.04. The zero-order valence-corrected chi connectivity index (χ0v) is 9.94. The standard InChI is InChI=1S/C12H12ClN3O/c13-8-4-5-10(14)9(6-8)11-15-12(17-16-11)7-2-1-3-7/h4-7H,1-3,14H2. The molecule has 0 atom stereocenters. The molecule has 4 nitrogen and oxygen atoms in total. The molecule has 0 amide bonds. The molecule has 0 unspecified atom stereocenters. The molecule has 2 N–H and O–H groups in total. The van der Waals surface area contributed by atoms with Crippen molar-refractivity contribution in [2.45, 2.75) is 25.2 Å². The van der Waals surface area contributed by atoms with E-state index in [0.29, 0.717) is 28.3 Å². The van der Waals surface area contributed by atoms with Gasteiger partial charge in [-0.15, -0.1) is 0 Å². The Morgan fingerprint density at radius 3 is 2.88 bits per heavy atom. The average molecular weight is 250 g/mol. The minimum absolute atomic E-state index is 0.427. The molecule has 0 bridgehead atoms. The Hall–Kier alpha value is -1.55. The highest BCUT2D eigenvalue weighted by Crippen LogP contribution is 2.36. The first-order valence-corrected chi connectivity index (χ1v) is 6.01. The molecule has 0 spiro atoms. The lowest BCUT2D eigenvalue weighted by molar-refractivity contribution is 0.292. The van der Waals surface area contributed by atoms with Gasteiger partial charge in [0.1, 0.15) is 0 Å². The fraction of sp³-hybridized carbons (Fsp3) is 0.333. The summed E-state index contributed by atoms with van der Waals surface area (Å²) in [5, 5.41) is 4.58. The van der Waals surface area contributed by atoms with E-state index in [0.717, 1.165) is 18.4 Å². The van der Waals surface area contributed by atoms with Crippen LogP contribution in [0.3, 0.4) is 0 Å². The van der Waals surface area contributed by atoms with Crippen molar-refractivity contribution in [2.75, 3.05) is 5.73 Å². The Balaban J connectivity index is 1.97. The first-order valence-electron chi connectivity index (χ1n) is 5.63. The molecule has 2 aromatic rings. The fourth-order valence-electron chi connectivity index (χ4n) is 1.89. The summed E-state index contributed by atoms with van der Waals surface area (Å²) in [6.45, 7) is 0. The van der Waals surface area contributed by atoms with Gasteiger partial charge in [0.15, 0.2) is 0 Å². The zero-order valence-electron chi connectivity index (χ0n) is 9.19. The minimum atomic E-state index is 0.427. The number of anilines is 1. The van der Waals surface area contributed by atoms with E-state index in [9.17, 15) is 0 Å². The number of halogens is 1. The largest absolute Gasteiger partial charge is 0.398 e. The molecule has 1 aromatic carbocycles. The summed E-state index contributed by atoms with van der Waals surface area (Å²) in [5.74, 6) is 1.66. The van der Waals surface area contributed by atoms with Gasteiger partial charge in [-0.25, -0.2) is 0 Å². The third-order valence-corrected chi connectivity index (χ3v) is 3.39. The van der Waals surface area contributed by atoms with Crippen LogP contribution >= 0.6 is 11.6 Å². The second-order valence-electron chi connectivity index (χ2n) is 4.32. The van der Waals surface area contributed by atoms with Gasteiger partial charge in [0, 0.05) is 22.2 Å². The van der Waals surface area contributed by atoms with Crippen LogP contribution in [-0.4, -0.2) is 10.1 Å². The summed E-state index contributed by atoms with van der Waals surface area (Å²) in [6, 6.07) is 5.25. The van der Waals surface area contributed by atoms with Crippen LogP contribution in [0, 0.1) is 0 Å². The smallest absolute Gasteiger partial charge is 0.230 e. The number of benzene rings is 1. The average Bonchev–Trinajstić information content (AvgIpc) is 2.68. The van der Waals surface area contributed by atoms with Gasteiger partial charge >= 0.3 is 0 Å². The zero-order chi connectivity index (χ0) is 11.8. The second-order valence-corrected chi connectivity index (χ2v) is 4.75. The molecular formula is C12H12ClN3O. The maximum absolute atomic E-state index is 5.93. The number of aromatic nitrogens is 2. The van der Waals surface area contributed by atoms with Crippen LogP contribution in [0.5, 0.6) is 0 Å². The molecule has 1 fully saturated rings. The summed E-state index contributed by atoms with van der Waals surface area (Å²) >= 11 is 5.93. The van der Waals surface area contributed by atoms with E-state index in [-0.39, 0.29) is 0 Å². The van der Waals surface area contributed by atoms with Crippen LogP contribution in [0.2, 0.25) is 5.02 Å². The molecular weight excluding hydrogens is 238 g/mol. The fourth-order valence-corrected chi connectivity index (χ4v) is 2.06. The highest BCUT2D eigenvalue weighted by atomic mass is 35.5. The monoisotopic (exact) mass is 249 g/mol. The molecule has 88 valence electrons. The van der Waals surface area contributed by atoms with Crippen LogP contribution in [0.25, 0.3) is 11.4 Å². The van der Waals surface area contributed by atoms with Crippen molar-refractivity contribution in [3.63, 3.8) is 0 Å². The third kappa shape index (κ3) is 1.89. The van der Waals surface area contributed by atoms with E-state index in [4.69, 9.17) is 21.9 Å². The summed E-state index contributed by atoms with van der Waals surface area (Å²) in [5.41, 5.74) is 7.21. The minimum Gasteiger partial charge on any atom is -0.398 e. The van der Waals surface area contributed by atoms with Gasteiger partial charge < -0.3 is 10.3 Å². The molecule has 0 aliphatic heterocycles. The molecule has 5 heteroatoms. The van der Waals surface area contributed by atoms with E-state index in [1.165, 1.54) is 6.42 Å². The molecule has 0 radical (unpaired) electrons. The Bertz CT molecular complexity index is 548. The number of hydrogen-bond acceptors (Lipinski definition) is 4. The lowest BCUT2D eigenvalue weighted by Crippen LogP contribution is -2.08. The SMILES string of the molecule is Nc1ccc(Cl)cc1-c1noc(C2CCC2)n1. The molecule has 17 heavy (non-hydrogen) atoms. The predicted octanol–water partition coefficient (Wildman–Crippen LogP) is 3.24. The number of nitrogens with zero attached hydrogens (tertiary/aromatic N) is 2. The van der Waals surface area contributed by atoms with Gasteiger partial charge in [0.2, 0.25) is 11.7 Å². The van der Waals surface area contributed by atoms with Gasteiger partial charge in [-0.1, -0.05) is 23.2 Å². The van der Waals surface area contributed by atoms with E-state index < -0.39 is 0 Å². The highest BCUT2D eigenvalue weighted by Gasteiger charge is 2.25. The molecule has 1 aromatic heterocycles. The molecule has 0 saturated heterocycles. The number of nitrogen functional groups attached to an aromatic ring is 1. The quantitative estimate of drug-likeness (QED) is 0.830. The van der Waals surface area contributed by atoms with Crippen LogP contribution in [-0.2, 0) is 0 Å². The lowest BCUT2D eigenvalue weighted by atomic mass is 9.85. The Morgan fingerprint density at radius 1 is 1.35 bits per heavy atom. The summed E-state index contributed by atoms with van der Waals surface area (Å²) in [4.78, 5) is 4.39. The van der Waals surface area contributed by atoms with Crippen molar-refractivity contribution >= 4 is 17.3 Å². The van der Waals surface area contributed by atoms with E-state index in [1.54, 1.807) is 18.2 Å². The van der Waals surface area contributed by atoms with Gasteiger partial charge in [0.25, 0.3) is 0 Å². The maximum Gasteiger partial charge on any atom is 0.230 e. The van der Waals surface area contributed by atoms with E-state index in [1.807, 2.05) is 0 Å². The predicted molar refractivity (Wildman–Crippen MR) is 65.7 cm³/mol. The van der Waals surface area contributed by atoms with Gasteiger partial charge in [-0.2, -0.15) is 4.98 Å². The van der Waals surface area contributed by atoms with Crippen LogP contribution in [0.4, 0.5) is 5.69 Å². The van der Waals surface area contributed by atoms with Crippen molar-refractivity contribution in [3.8, 4) is 11.4 Å². The van der Waals surface area contributed by atoms with Crippen LogP contribution in [0.15, 0.2) is 22.7 Å². The molecule has 1 aliphatic rings. The first-order chi connectivity index (χ1) is 8.24. The Morgan fingerprint density at radius 2 is 2.18 bits per heavy atom. The normalized spacial score (nSPS) is 15.8. The number of nitrogens with two attached hydrogens (primary N) is 1. The lowest BCUT2D eigenvalue weighted by Gasteiger charge is -2.20. The number of hydrogen-bond donors (Lipinski definition) is 1. The Labute approximate surface area is 104 Å². The topological polar surface area (TPSA) is 64.9 Å². The van der Waals surface area contributed by atoms with Crippen molar-refractivity contribution in [2.24, 2.45) is 0 Å². The summed E-state index contributed by atoms with van der Waals surface area (Å²) < 4.78 is 5.26. The van der Waals surface area contributed by atoms with Gasteiger partial charge in [0.05, 0.1) is 0 Å². The first kappa shape index (κ1) is 10.6. The van der Waals surface area contributed by atoms with Crippen molar-refractivity contribution in [1.29, 1.82) is 0 Å². The summed E-state index contributed by atoms with van der Waals surface area (Å²) in [6.07, 6.45) is 3.50. The highest BCUT2D eigenvalue weighted by molar-refractivity contribution is 6.31. The molecule has 3 rings (SSSR count). The van der Waals surface area contributed by atoms with Crippen molar-refractivity contribution in [3.05, 3.63) is 29.1 Å². The molecule has 1 aliphatic carbocycles. The maximum atomic E-state index is 5.93. The van der Waals surface area contributed by atoms with E-state index in [2.05, 4.69) is 10.1 Å². The van der Waals surface area contributed by atoms with Gasteiger partial charge in [-0.05, 0) is 31.0 Å². The van der Waals surface area contributed by atoms with Crippen molar-refractivity contribution in [1.82, 2.24) is 10.1 Å². The molecule has 1 saturated carbocycles. The van der Waals surface area contributed by atoms with Crippen LogP contribution in [0.1, 0.15) is 31.1 Å². The van der Waals surface area contributed by atoms with E-state index >= 15 is 0 Å². The third-order valence-electron chi connectivity index (χ3n) is 3.15. The van der Waals surface area contributed by atoms with Gasteiger partial charge in [-0.3, -0.25) is 0 Å². The summed E-state index contributed by atoms with van der Waals surface area (Å²) in [7, 11) is 0. The molecule has 1 heterocycles. The van der Waals surface area contributed by atoms with Crippen molar-refractivity contribution < 1.29 is 4.52 Å². The van der Waals surface area contributed by atoms with Crippen LogP contribution < -0.4 is 5.73 Å².